The Labute approximate surface area is 627 Å². The summed E-state index contributed by atoms with van der Waals surface area (Å²) in [5.74, 6) is -14.9. The molecule has 0 radical (unpaired) electrons. The first kappa shape index (κ1) is 83.3. The Balaban J connectivity index is 1.08. The molecule has 4 aromatic rings. The fourth-order valence-corrected chi connectivity index (χ4v) is 12.7. The van der Waals surface area contributed by atoms with Crippen LogP contribution in [0.25, 0.3) is 33.4 Å². The number of nitrogens with one attached hydrogen (secondary N) is 9. The number of aromatic hydroxyl groups is 3. The fourth-order valence-electron chi connectivity index (χ4n) is 11.7. The molecule has 572 valence electrons. The normalized spacial score (nSPS) is 15.7. The number of nitrogens with zero attached hydrogens (tertiary/aromatic N) is 1. The molecule has 0 aromatic heterocycles. The molecule has 1 aliphatic carbocycles. The maximum Gasteiger partial charge on any atom is 0.327 e. The summed E-state index contributed by atoms with van der Waals surface area (Å²) in [6.07, 6.45) is -4.36. The molecule has 36 heteroatoms. The molecule has 2 aliphatic heterocycles. The number of fused-ring (bicyclic) bond motifs is 2. The monoisotopic (exact) mass is 1540 g/mol. The number of aliphatic hydroxyl groups excluding tert-OH is 2. The number of thiol groups is 2. The molecule has 0 bridgehead atoms. The molecule has 2 heterocycles. The van der Waals surface area contributed by atoms with Crippen LogP contribution in [0.15, 0.2) is 118 Å². The molecule has 0 saturated carbocycles. The minimum Gasteiger partial charge on any atom is -0.508 e. The highest BCUT2D eigenvalue weighted by atomic mass is 32.2. The van der Waals surface area contributed by atoms with Crippen molar-refractivity contribution >= 4 is 125 Å². The molecule has 12 atom stereocenters. The first-order chi connectivity index (χ1) is 50.8. The Morgan fingerprint density at radius 2 is 1.07 bits per heavy atom. The van der Waals surface area contributed by atoms with E-state index < -0.39 is 181 Å². The molecule has 0 spiro atoms. The Kier molecular flexibility index (Phi) is 30.3. The molecule has 3 aliphatic rings. The molecular formula is C71H84N12O21S3. The summed E-state index contributed by atoms with van der Waals surface area (Å²) < 4.78 is 5.99. The Morgan fingerprint density at radius 1 is 0.561 bits per heavy atom. The van der Waals surface area contributed by atoms with Gasteiger partial charge >= 0.3 is 5.97 Å². The molecule has 12 amide bonds. The van der Waals surface area contributed by atoms with Crippen LogP contribution in [0.1, 0.15) is 73.9 Å². The summed E-state index contributed by atoms with van der Waals surface area (Å²) in [5, 5.41) is 84.0. The molecule has 19 N–H and O–H groups in total. The number of hydrogen-bond donors (Lipinski definition) is 19. The molecule has 1 fully saturated rings. The lowest BCUT2D eigenvalue weighted by Crippen LogP contribution is -2.62. The van der Waals surface area contributed by atoms with E-state index in [4.69, 9.17) is 15.9 Å². The van der Waals surface area contributed by atoms with Gasteiger partial charge in [0.2, 0.25) is 65.0 Å². The zero-order chi connectivity index (χ0) is 78.5. The van der Waals surface area contributed by atoms with E-state index in [1.807, 2.05) is 0 Å². The van der Waals surface area contributed by atoms with Gasteiger partial charge in [-0.2, -0.15) is 37.0 Å². The minimum atomic E-state index is -1.98. The van der Waals surface area contributed by atoms with Gasteiger partial charge in [0.15, 0.2) is 5.43 Å². The number of phenols is 3. The molecule has 4 aromatic carbocycles. The first-order valence-electron chi connectivity index (χ1n) is 33.6. The van der Waals surface area contributed by atoms with E-state index in [2.05, 4.69) is 73.1 Å². The summed E-state index contributed by atoms with van der Waals surface area (Å²) in [6, 6.07) is 8.83. The van der Waals surface area contributed by atoms with E-state index in [1.165, 1.54) is 109 Å². The molecule has 1 saturated heterocycles. The zero-order valence-corrected chi connectivity index (χ0v) is 60.6. The average Bonchev–Trinajstić information content (AvgIpc) is 1.03. The maximum absolute atomic E-state index is 14.8. The van der Waals surface area contributed by atoms with Gasteiger partial charge in [0.25, 0.3) is 5.91 Å². The highest BCUT2D eigenvalue weighted by Crippen LogP contribution is 2.42. The number of aliphatic carboxylic acids is 1. The van der Waals surface area contributed by atoms with Gasteiger partial charge in [0.05, 0.1) is 18.6 Å². The van der Waals surface area contributed by atoms with Crippen LogP contribution in [-0.4, -0.2) is 215 Å². The second kappa shape index (κ2) is 38.9. The van der Waals surface area contributed by atoms with Crippen LogP contribution in [-0.2, 0) is 70.4 Å². The summed E-state index contributed by atoms with van der Waals surface area (Å²) in [4.78, 5) is 194. The zero-order valence-electron chi connectivity index (χ0n) is 58.0. The lowest BCUT2D eigenvalue weighted by molar-refractivity contribution is -0.143. The van der Waals surface area contributed by atoms with Crippen LogP contribution in [0.4, 0.5) is 0 Å². The van der Waals surface area contributed by atoms with Gasteiger partial charge in [0.1, 0.15) is 89.0 Å². The number of carbonyl (C=O) groups is 13. The second-order valence-corrected chi connectivity index (χ2v) is 27.0. The maximum atomic E-state index is 14.8. The SMILES string of the molecule is CSCC[C@H](NC(=O)[C@@H](NC(=O)[C@H](CS)NC(=O)c1ccccc1-c1c2ccc(=O)cc-2oc2cc(O)ccc12)[C@@H](C)O)C(=O)N1CCC[C@H]1C(=O)N[C@@H](Cc1ccc(O)cc1)C(=O)N[C@@H](CC(N)=O)C(=O)N[C@@H](CCC(N)=O)C(=O)N[C@@H](Cc1ccc(O)cc1)C(=O)N[C@H](C(=O)N[C@@H](CS)C(=O)O)[C@@H](C)O. The van der Waals surface area contributed by atoms with E-state index in [1.54, 1.807) is 30.5 Å². The number of thioether (sulfide) groups is 1. The summed E-state index contributed by atoms with van der Waals surface area (Å²) in [7, 11) is 0. The highest BCUT2D eigenvalue weighted by Gasteiger charge is 2.42. The van der Waals surface area contributed by atoms with Crippen LogP contribution in [0.3, 0.4) is 0 Å². The number of hydrogen-bond acceptors (Lipinski definition) is 23. The molecule has 33 nitrogen and oxygen atoms in total. The molecular weight excluding hydrogens is 1450 g/mol. The van der Waals surface area contributed by atoms with Crippen molar-refractivity contribution in [3.05, 3.63) is 136 Å². The number of aliphatic hydroxyl groups is 2. The highest BCUT2D eigenvalue weighted by molar-refractivity contribution is 7.98. The van der Waals surface area contributed by atoms with E-state index in [-0.39, 0.29) is 83.3 Å². The number of carboxylic acids is 1. The summed E-state index contributed by atoms with van der Waals surface area (Å²) in [5.41, 5.74) is 12.8. The predicted molar refractivity (Wildman–Crippen MR) is 395 cm³/mol. The first-order valence-corrected chi connectivity index (χ1v) is 36.2. The lowest BCUT2D eigenvalue weighted by Gasteiger charge is -2.31. The van der Waals surface area contributed by atoms with Crippen molar-refractivity contribution in [1.29, 1.82) is 0 Å². The second-order valence-electron chi connectivity index (χ2n) is 25.3. The van der Waals surface area contributed by atoms with Gasteiger partial charge in [-0.15, -0.1) is 0 Å². The number of carboxylic acid groups (broad SMARTS) is 1. The van der Waals surface area contributed by atoms with Crippen LogP contribution >= 0.6 is 37.0 Å². The van der Waals surface area contributed by atoms with Crippen molar-refractivity contribution in [1.82, 2.24) is 52.8 Å². The summed E-state index contributed by atoms with van der Waals surface area (Å²) >= 11 is 9.55. The third kappa shape index (κ3) is 23.0. The lowest BCUT2D eigenvalue weighted by atomic mass is 9.90. The van der Waals surface area contributed by atoms with Gasteiger partial charge in [0, 0.05) is 71.5 Å². The fraction of sp³-hybridized carbons (Fsp3) is 0.380. The molecule has 7 rings (SSSR count). The van der Waals surface area contributed by atoms with E-state index in [0.717, 1.165) is 6.92 Å². The van der Waals surface area contributed by atoms with Crippen molar-refractivity contribution in [3.63, 3.8) is 0 Å². The Bertz CT molecular complexity index is 4300. The largest absolute Gasteiger partial charge is 0.508 e. The van der Waals surface area contributed by atoms with Gasteiger partial charge in [-0.25, -0.2) is 4.79 Å². The smallest absolute Gasteiger partial charge is 0.327 e. The minimum absolute atomic E-state index is 0.00215. The number of benzene rings is 5. The van der Waals surface area contributed by atoms with Crippen molar-refractivity contribution in [2.24, 2.45) is 11.5 Å². The van der Waals surface area contributed by atoms with Crippen molar-refractivity contribution < 1.29 is 97.4 Å². The number of rotatable bonds is 37. The number of nitrogens with two attached hydrogens (primary N) is 2. The Hall–Kier alpha value is -11.0. The number of primary amides is 2. The number of likely N-dealkylation sites (tertiary alicyclic amines) is 1. The van der Waals surface area contributed by atoms with Crippen LogP contribution in [0.2, 0.25) is 0 Å². The van der Waals surface area contributed by atoms with Crippen LogP contribution in [0.5, 0.6) is 17.2 Å². The van der Waals surface area contributed by atoms with Crippen molar-refractivity contribution in [2.45, 2.75) is 138 Å². The van der Waals surface area contributed by atoms with Gasteiger partial charge in [-0.3, -0.25) is 62.3 Å². The number of carbonyl (C=O) groups excluding carboxylic acids is 12. The van der Waals surface area contributed by atoms with Crippen molar-refractivity contribution in [3.8, 4) is 39.7 Å². The predicted octanol–water partition coefficient (Wildman–Crippen LogP) is -1.27. The topological polar surface area (TPSA) is 537 Å². The number of phenolic OH excluding ortho intramolecular Hbond substituents is 3. The van der Waals surface area contributed by atoms with Crippen molar-refractivity contribution in [2.75, 3.05) is 30.1 Å². The van der Waals surface area contributed by atoms with Gasteiger partial charge in [-0.05, 0) is 123 Å². The quantitative estimate of drug-likeness (QED) is 0.0160. The summed E-state index contributed by atoms with van der Waals surface area (Å²) in [6.45, 7) is 2.24. The van der Waals surface area contributed by atoms with Gasteiger partial charge < -0.3 is 99.3 Å². The van der Waals surface area contributed by atoms with E-state index in [0.29, 0.717) is 33.2 Å². The standard InChI is InChI=1S/C71H84N12O21S3/c1-34(84)59(82-66(97)51(32-105)79-61(92)43-8-5-4-7-42(43)58-44-20-18-40(88)29-54(44)104-55-30-41(89)19-21-45(55)58)68(99)75-47(24-26-107-3)70(101)83-25-6-9-53(83)67(98)78-48(27-36-10-14-38(86)15-11-36)63(94)77-50(31-57(73)91)64(95)74-46(22-23-56(72)90)62(93)76-49(28-37-12-16-39(87)17-13-37)65(96)81-60(35(2)85)69(100)80-52(33-106)71(102)103/h4-5,7-8,10-21,29-30,34-35,46-53,59-60,84-88,105-106H,6,9,22-28,31-33H2,1-3H3,(H2,72,90)(H2,73,91)(H,74,95)(H,75,99)(H,76,93)(H,77,94)(H,78,98)(H,79,92)(H,80,100)(H,81,96)(H,82,97)(H,102,103)/t34-,35-,46+,47+,48+,49+,50+,51+,52+,53+,59+,60+/m1/s1. The molecule has 0 unspecified atom stereocenters. The third-order valence-electron chi connectivity index (χ3n) is 17.3. The van der Waals surface area contributed by atoms with E-state index >= 15 is 0 Å². The number of amides is 12. The van der Waals surface area contributed by atoms with Crippen LogP contribution < -0.4 is 64.7 Å². The molecule has 107 heavy (non-hydrogen) atoms. The van der Waals surface area contributed by atoms with E-state index in [9.17, 15) is 97.8 Å². The Morgan fingerprint density at radius 3 is 1.64 bits per heavy atom. The van der Waals surface area contributed by atoms with Crippen LogP contribution in [0, 0.1) is 0 Å². The van der Waals surface area contributed by atoms with Gasteiger partial charge in [-0.1, -0.05) is 42.5 Å². The average molecular weight is 1540 g/mol. The third-order valence-corrected chi connectivity index (χ3v) is 18.7.